The molecule has 4 heterocycles. The molecule has 34 heavy (non-hydrogen) atoms. The molecule has 2 aromatic carbocycles. The molecule has 170 valence electrons. The Morgan fingerprint density at radius 3 is 2.94 bits per heavy atom. The Morgan fingerprint density at radius 1 is 1.15 bits per heavy atom. The van der Waals surface area contributed by atoms with Gasteiger partial charge in [0.2, 0.25) is 0 Å². The summed E-state index contributed by atoms with van der Waals surface area (Å²) in [5, 5.41) is 8.52. The molecular weight excluding hydrogens is 451 g/mol. The monoisotopic (exact) mass is 472 g/mol. The van der Waals surface area contributed by atoms with Crippen LogP contribution in [0.15, 0.2) is 66.9 Å². The topological polar surface area (TPSA) is 75.4 Å². The summed E-state index contributed by atoms with van der Waals surface area (Å²) in [4.78, 5) is 24.1. The number of imidazole rings is 1. The molecule has 0 radical (unpaired) electrons. The molecule has 1 fully saturated rings. The highest BCUT2D eigenvalue weighted by molar-refractivity contribution is 7.18. The Hall–Kier alpha value is -3.85. The van der Waals surface area contributed by atoms with Gasteiger partial charge in [0, 0.05) is 6.54 Å². The van der Waals surface area contributed by atoms with Crippen LogP contribution in [0.3, 0.4) is 0 Å². The molecular formula is C25H21FN6OS. The number of rotatable bonds is 5. The molecule has 1 saturated heterocycles. The molecule has 3 aromatic heterocycles. The van der Waals surface area contributed by atoms with E-state index in [0.717, 1.165) is 46.0 Å². The molecule has 6 rings (SSSR count). The van der Waals surface area contributed by atoms with E-state index in [0.29, 0.717) is 17.9 Å². The number of para-hydroxylation sites is 1. The van der Waals surface area contributed by atoms with E-state index in [1.54, 1.807) is 28.0 Å². The molecule has 1 N–H and O–H groups in total. The minimum absolute atomic E-state index is 0.0421. The third-order valence-electron chi connectivity index (χ3n) is 6.10. The van der Waals surface area contributed by atoms with Crippen LogP contribution in [0.5, 0.6) is 0 Å². The van der Waals surface area contributed by atoms with Crippen LogP contribution in [0.4, 0.5) is 10.2 Å². The van der Waals surface area contributed by atoms with E-state index in [9.17, 15) is 9.18 Å². The first-order valence-electron chi connectivity index (χ1n) is 11.2. The van der Waals surface area contributed by atoms with Crippen molar-refractivity contribution in [1.82, 2.24) is 24.9 Å². The number of hydrogen-bond acceptors (Lipinski definition) is 6. The van der Waals surface area contributed by atoms with E-state index >= 15 is 0 Å². The lowest BCUT2D eigenvalue weighted by Crippen LogP contribution is -2.26. The predicted molar refractivity (Wildman–Crippen MR) is 129 cm³/mol. The summed E-state index contributed by atoms with van der Waals surface area (Å²) in [7, 11) is 0. The van der Waals surface area contributed by atoms with E-state index in [4.69, 9.17) is 5.10 Å². The van der Waals surface area contributed by atoms with Crippen LogP contribution in [-0.2, 0) is 6.54 Å². The van der Waals surface area contributed by atoms with Gasteiger partial charge in [-0.2, -0.15) is 0 Å². The SMILES string of the molecule is O=C(NCc1nc2ccccc2s1)c1cnc2ccc(N3CCCC3c3cccc(F)c3)nn12. The molecule has 1 unspecified atom stereocenters. The molecule has 9 heteroatoms. The second-order valence-corrected chi connectivity index (χ2v) is 9.38. The quantitative estimate of drug-likeness (QED) is 0.400. The molecule has 1 aliphatic heterocycles. The van der Waals surface area contributed by atoms with E-state index in [1.807, 2.05) is 42.5 Å². The number of halogens is 1. The molecule has 1 amide bonds. The number of fused-ring (bicyclic) bond motifs is 2. The number of benzene rings is 2. The van der Waals surface area contributed by atoms with E-state index in [-0.39, 0.29) is 17.8 Å². The third-order valence-corrected chi connectivity index (χ3v) is 7.14. The van der Waals surface area contributed by atoms with Crippen LogP contribution >= 0.6 is 11.3 Å². The van der Waals surface area contributed by atoms with Crippen LogP contribution < -0.4 is 10.2 Å². The van der Waals surface area contributed by atoms with E-state index in [1.165, 1.54) is 12.3 Å². The fraction of sp³-hybridized carbons (Fsp3) is 0.200. The zero-order valence-electron chi connectivity index (χ0n) is 18.2. The van der Waals surface area contributed by atoms with Crippen molar-refractivity contribution in [3.05, 3.63) is 88.9 Å². The average Bonchev–Trinajstić information content (AvgIpc) is 3.59. The molecule has 0 bridgehead atoms. The third kappa shape index (κ3) is 3.77. The van der Waals surface area contributed by atoms with Gasteiger partial charge in [-0.15, -0.1) is 16.4 Å². The second kappa shape index (κ2) is 8.49. The first-order chi connectivity index (χ1) is 16.7. The summed E-state index contributed by atoms with van der Waals surface area (Å²) in [5.41, 5.74) is 2.81. The van der Waals surface area contributed by atoms with Gasteiger partial charge in [-0.05, 0) is 54.8 Å². The van der Waals surface area contributed by atoms with Crippen molar-refractivity contribution < 1.29 is 9.18 Å². The van der Waals surface area contributed by atoms with Crippen LogP contribution in [0.1, 0.15) is 39.9 Å². The van der Waals surface area contributed by atoms with Crippen molar-refractivity contribution in [2.45, 2.75) is 25.4 Å². The fourth-order valence-electron chi connectivity index (χ4n) is 4.51. The standard InChI is InChI=1S/C25H21FN6OS/c26-17-6-3-5-16(13-17)19-8-4-12-31(19)23-11-10-22-27-14-20(32(22)30-23)25(33)28-15-24-29-18-7-1-2-9-21(18)34-24/h1-3,5-7,9-11,13-14,19H,4,8,12,15H2,(H,28,33). The summed E-state index contributed by atoms with van der Waals surface area (Å²) in [6.07, 6.45) is 3.44. The molecule has 1 atom stereocenters. The van der Waals surface area contributed by atoms with Gasteiger partial charge in [0.25, 0.3) is 5.91 Å². The molecule has 7 nitrogen and oxygen atoms in total. The lowest BCUT2D eigenvalue weighted by Gasteiger charge is -2.26. The normalized spacial score (nSPS) is 15.9. The summed E-state index contributed by atoms with van der Waals surface area (Å²) in [6, 6.07) is 18.4. The number of carbonyl (C=O) groups is 1. The van der Waals surface area contributed by atoms with Crippen molar-refractivity contribution >= 4 is 38.9 Å². The zero-order valence-corrected chi connectivity index (χ0v) is 19.0. The maximum Gasteiger partial charge on any atom is 0.271 e. The van der Waals surface area contributed by atoms with Gasteiger partial charge >= 0.3 is 0 Å². The van der Waals surface area contributed by atoms with Crippen molar-refractivity contribution in [3.63, 3.8) is 0 Å². The highest BCUT2D eigenvalue weighted by atomic mass is 32.1. The predicted octanol–water partition coefficient (Wildman–Crippen LogP) is 4.75. The number of hydrogen-bond donors (Lipinski definition) is 1. The summed E-state index contributed by atoms with van der Waals surface area (Å²) in [6.45, 7) is 1.15. The highest BCUT2D eigenvalue weighted by Crippen LogP contribution is 2.35. The molecule has 0 spiro atoms. The minimum Gasteiger partial charge on any atom is -0.348 e. The van der Waals surface area contributed by atoms with Gasteiger partial charge in [-0.3, -0.25) is 4.79 Å². The lowest BCUT2D eigenvalue weighted by atomic mass is 10.0. The summed E-state index contributed by atoms with van der Waals surface area (Å²) >= 11 is 1.56. The number of carbonyl (C=O) groups excluding carboxylic acids is 1. The van der Waals surface area contributed by atoms with Gasteiger partial charge in [0.05, 0.1) is 29.0 Å². The Bertz CT molecular complexity index is 1480. The maximum absolute atomic E-state index is 13.8. The maximum atomic E-state index is 13.8. The van der Waals surface area contributed by atoms with E-state index in [2.05, 4.69) is 20.2 Å². The van der Waals surface area contributed by atoms with Crippen molar-refractivity contribution in [1.29, 1.82) is 0 Å². The number of aromatic nitrogens is 4. The van der Waals surface area contributed by atoms with Crippen LogP contribution in [0, 0.1) is 5.82 Å². The summed E-state index contributed by atoms with van der Waals surface area (Å²) < 4.78 is 16.5. The molecule has 0 aliphatic carbocycles. The van der Waals surface area contributed by atoms with Crippen molar-refractivity contribution in [3.8, 4) is 0 Å². The average molecular weight is 473 g/mol. The zero-order chi connectivity index (χ0) is 23.1. The number of amides is 1. The van der Waals surface area contributed by atoms with Gasteiger partial charge in [0.1, 0.15) is 16.6 Å². The number of nitrogens with zero attached hydrogens (tertiary/aromatic N) is 5. The van der Waals surface area contributed by atoms with Crippen molar-refractivity contribution in [2.75, 3.05) is 11.4 Å². The van der Waals surface area contributed by atoms with Gasteiger partial charge < -0.3 is 10.2 Å². The Balaban J connectivity index is 1.25. The van der Waals surface area contributed by atoms with E-state index < -0.39 is 0 Å². The Labute approximate surface area is 198 Å². The smallest absolute Gasteiger partial charge is 0.271 e. The molecule has 1 aliphatic rings. The van der Waals surface area contributed by atoms with Crippen LogP contribution in [-0.4, -0.2) is 32.0 Å². The van der Waals surface area contributed by atoms with Crippen LogP contribution in [0.2, 0.25) is 0 Å². The number of anilines is 1. The van der Waals surface area contributed by atoms with Gasteiger partial charge in [-0.25, -0.2) is 18.9 Å². The Morgan fingerprint density at radius 2 is 2.06 bits per heavy atom. The fourth-order valence-corrected chi connectivity index (χ4v) is 5.42. The number of nitrogens with one attached hydrogen (secondary N) is 1. The van der Waals surface area contributed by atoms with Crippen molar-refractivity contribution in [2.24, 2.45) is 0 Å². The Kier molecular flexibility index (Phi) is 5.18. The first-order valence-corrected chi connectivity index (χ1v) is 12.0. The molecule has 5 aromatic rings. The summed E-state index contributed by atoms with van der Waals surface area (Å²) in [5.74, 6) is 0.228. The second-order valence-electron chi connectivity index (χ2n) is 8.27. The number of thiazole rings is 1. The minimum atomic E-state index is -0.264. The largest absolute Gasteiger partial charge is 0.348 e. The highest BCUT2D eigenvalue weighted by Gasteiger charge is 2.28. The lowest BCUT2D eigenvalue weighted by molar-refractivity contribution is 0.0944. The van der Waals surface area contributed by atoms with Gasteiger partial charge in [0.15, 0.2) is 11.3 Å². The van der Waals surface area contributed by atoms with Gasteiger partial charge in [-0.1, -0.05) is 24.3 Å². The van der Waals surface area contributed by atoms with Crippen LogP contribution in [0.25, 0.3) is 15.9 Å². The molecule has 0 saturated carbocycles. The first kappa shape index (κ1) is 20.7.